The van der Waals surface area contributed by atoms with Crippen LogP contribution in [-0.2, 0) is 0 Å². The maximum atomic E-state index is 6.42. The summed E-state index contributed by atoms with van der Waals surface area (Å²) in [6, 6.07) is 70.3. The van der Waals surface area contributed by atoms with Gasteiger partial charge in [-0.3, -0.25) is 0 Å². The smallest absolute Gasteiger partial charge is 0.143 e. The molecular formula is C57H36NO. The highest BCUT2D eigenvalue weighted by molar-refractivity contribution is 6.12. The number of furan rings is 1. The van der Waals surface area contributed by atoms with Crippen LogP contribution in [0.4, 0.5) is 17.1 Å². The van der Waals surface area contributed by atoms with Crippen molar-refractivity contribution < 1.29 is 4.42 Å². The lowest BCUT2D eigenvalue weighted by Gasteiger charge is -2.27. The van der Waals surface area contributed by atoms with Gasteiger partial charge in [-0.1, -0.05) is 164 Å². The molecule has 2 nitrogen and oxygen atoms in total. The summed E-state index contributed by atoms with van der Waals surface area (Å²) in [4.78, 5) is 2.36. The molecule has 12 rings (SSSR count). The number of fused-ring (bicyclic) bond motifs is 10. The fraction of sp³-hybridized carbons (Fsp3) is 0. The molecule has 2 aliphatic rings. The van der Waals surface area contributed by atoms with Crippen LogP contribution in [-0.4, -0.2) is 0 Å². The minimum Gasteiger partial charge on any atom is -0.455 e. The fourth-order valence-corrected chi connectivity index (χ4v) is 9.16. The number of benzene rings is 9. The Balaban J connectivity index is 0.939. The Morgan fingerprint density at radius 2 is 1.00 bits per heavy atom. The van der Waals surface area contributed by atoms with Crippen molar-refractivity contribution in [1.29, 1.82) is 0 Å². The van der Waals surface area contributed by atoms with Crippen molar-refractivity contribution in [3.63, 3.8) is 0 Å². The second-order valence-electron chi connectivity index (χ2n) is 15.5. The molecule has 1 heterocycles. The number of hydrogen-bond acceptors (Lipinski definition) is 2. The van der Waals surface area contributed by atoms with Gasteiger partial charge in [0.25, 0.3) is 0 Å². The third-order valence-corrected chi connectivity index (χ3v) is 12.2. The van der Waals surface area contributed by atoms with Gasteiger partial charge in [-0.15, -0.1) is 0 Å². The molecule has 0 atom stereocenters. The first-order valence-corrected chi connectivity index (χ1v) is 20.2. The quantitative estimate of drug-likeness (QED) is 0.161. The molecule has 10 aromatic rings. The van der Waals surface area contributed by atoms with Crippen LogP contribution in [0.5, 0.6) is 0 Å². The zero-order chi connectivity index (χ0) is 39.0. The molecule has 0 N–H and O–H groups in total. The van der Waals surface area contributed by atoms with Gasteiger partial charge in [0, 0.05) is 33.4 Å². The number of para-hydroxylation sites is 2. The normalized spacial score (nSPS) is 12.8. The van der Waals surface area contributed by atoms with Crippen LogP contribution < -0.4 is 4.90 Å². The molecule has 9 aromatic carbocycles. The zero-order valence-electron chi connectivity index (χ0n) is 32.2. The average Bonchev–Trinajstić information content (AvgIpc) is 4.03. The Kier molecular flexibility index (Phi) is 7.48. The van der Waals surface area contributed by atoms with Crippen LogP contribution in [0.3, 0.4) is 0 Å². The van der Waals surface area contributed by atoms with E-state index in [1.54, 1.807) is 0 Å². The van der Waals surface area contributed by atoms with Gasteiger partial charge in [0.15, 0.2) is 0 Å². The van der Waals surface area contributed by atoms with Crippen LogP contribution in [0.25, 0.3) is 88.9 Å². The third kappa shape index (κ3) is 5.49. The van der Waals surface area contributed by atoms with Crippen LogP contribution in [0.15, 0.2) is 211 Å². The number of anilines is 3. The van der Waals surface area contributed by atoms with E-state index < -0.39 is 0 Å². The van der Waals surface area contributed by atoms with Crippen molar-refractivity contribution in [3.8, 4) is 44.5 Å². The summed E-state index contributed by atoms with van der Waals surface area (Å²) in [5.41, 5.74) is 20.0. The lowest BCUT2D eigenvalue weighted by atomic mass is 9.81. The Morgan fingerprint density at radius 1 is 0.424 bits per heavy atom. The van der Waals surface area contributed by atoms with E-state index in [9.17, 15) is 0 Å². The van der Waals surface area contributed by atoms with Gasteiger partial charge in [-0.2, -0.15) is 0 Å². The van der Waals surface area contributed by atoms with Gasteiger partial charge >= 0.3 is 0 Å². The Morgan fingerprint density at radius 3 is 1.80 bits per heavy atom. The average molecular weight is 751 g/mol. The topological polar surface area (TPSA) is 16.4 Å². The summed E-state index contributed by atoms with van der Waals surface area (Å²) in [7, 11) is 0. The molecule has 275 valence electrons. The van der Waals surface area contributed by atoms with E-state index in [4.69, 9.17) is 4.42 Å². The highest BCUT2D eigenvalue weighted by atomic mass is 16.3. The molecule has 0 saturated carbocycles. The van der Waals surface area contributed by atoms with E-state index in [1.165, 1.54) is 66.8 Å². The largest absolute Gasteiger partial charge is 0.455 e. The van der Waals surface area contributed by atoms with Crippen LogP contribution >= 0.6 is 0 Å². The van der Waals surface area contributed by atoms with Crippen molar-refractivity contribution in [3.05, 3.63) is 229 Å². The minimum atomic E-state index is 0.911. The van der Waals surface area contributed by atoms with Gasteiger partial charge in [-0.05, 0) is 121 Å². The Labute approximate surface area is 343 Å². The van der Waals surface area contributed by atoms with E-state index in [0.29, 0.717) is 0 Å². The molecule has 0 spiro atoms. The third-order valence-electron chi connectivity index (χ3n) is 12.2. The summed E-state index contributed by atoms with van der Waals surface area (Å²) < 4.78 is 6.42. The monoisotopic (exact) mass is 750 g/mol. The van der Waals surface area contributed by atoms with E-state index >= 15 is 0 Å². The van der Waals surface area contributed by atoms with Crippen LogP contribution in [0.2, 0.25) is 0 Å². The van der Waals surface area contributed by atoms with E-state index in [1.807, 2.05) is 18.2 Å². The standard InChI is InChI=1S/C57H36NO/c1-2-36-17-19-37(20-18-36)38-23-28-43(29-24-38)58(44-30-25-39(26-31-44)46-12-7-14-51-48-9-3-4-10-49(48)53-35-54(53)56(46)51)45-32-27-40-33-42(22-21-41(40)34-45)47-13-8-15-52-50-11-5-6-16-55(50)59-57(47)52/h2-35H,1H2. The second kappa shape index (κ2) is 13.2. The molecule has 0 amide bonds. The predicted octanol–water partition coefficient (Wildman–Crippen LogP) is 15.9. The van der Waals surface area contributed by atoms with Crippen molar-refractivity contribution >= 4 is 61.4 Å². The molecule has 0 aliphatic heterocycles. The van der Waals surface area contributed by atoms with Crippen LogP contribution in [0.1, 0.15) is 16.7 Å². The minimum absolute atomic E-state index is 0.911. The Bertz CT molecular complexity index is 3330. The SMILES string of the molecule is C=Cc1ccc(-c2ccc(N(c3ccc(-c4cccc5c4C4=C[C]4c4ccccc4-5)cc3)c3ccc4cc(-c5cccc6c5oc5ccccc56)ccc4c3)cc2)cc1. The second-order valence-corrected chi connectivity index (χ2v) is 15.5. The van der Waals surface area contributed by atoms with Gasteiger partial charge in [0.05, 0.1) is 5.92 Å². The summed E-state index contributed by atoms with van der Waals surface area (Å²) in [5, 5.41) is 4.63. The van der Waals surface area contributed by atoms with Crippen molar-refractivity contribution in [2.75, 3.05) is 4.90 Å². The fourth-order valence-electron chi connectivity index (χ4n) is 9.16. The summed E-state index contributed by atoms with van der Waals surface area (Å²) in [5.74, 6) is 1.37. The summed E-state index contributed by atoms with van der Waals surface area (Å²) in [6.45, 7) is 3.92. The molecule has 2 aliphatic carbocycles. The number of rotatable bonds is 7. The van der Waals surface area contributed by atoms with E-state index in [0.717, 1.165) is 55.7 Å². The first kappa shape index (κ1) is 33.5. The zero-order valence-corrected chi connectivity index (χ0v) is 32.2. The van der Waals surface area contributed by atoms with Gasteiger partial charge in [-0.25, -0.2) is 0 Å². The molecular weight excluding hydrogens is 715 g/mol. The van der Waals surface area contributed by atoms with Crippen molar-refractivity contribution in [2.24, 2.45) is 0 Å². The molecule has 1 radical (unpaired) electrons. The maximum absolute atomic E-state index is 6.42. The van der Waals surface area contributed by atoms with Gasteiger partial charge < -0.3 is 9.32 Å². The van der Waals surface area contributed by atoms with E-state index in [2.05, 4.69) is 200 Å². The number of allylic oxidation sites excluding steroid dienone is 2. The first-order chi connectivity index (χ1) is 29.2. The lowest BCUT2D eigenvalue weighted by Crippen LogP contribution is -2.10. The van der Waals surface area contributed by atoms with E-state index in [-0.39, 0.29) is 0 Å². The molecule has 0 bridgehead atoms. The van der Waals surface area contributed by atoms with Crippen molar-refractivity contribution in [2.45, 2.75) is 0 Å². The van der Waals surface area contributed by atoms with Crippen LogP contribution in [0, 0.1) is 5.92 Å². The van der Waals surface area contributed by atoms with Crippen molar-refractivity contribution in [1.82, 2.24) is 0 Å². The van der Waals surface area contributed by atoms with Gasteiger partial charge in [0.1, 0.15) is 11.2 Å². The predicted molar refractivity (Wildman–Crippen MR) is 248 cm³/mol. The lowest BCUT2D eigenvalue weighted by molar-refractivity contribution is 0.670. The Hall–Kier alpha value is -7.68. The summed E-state index contributed by atoms with van der Waals surface area (Å²) >= 11 is 0. The van der Waals surface area contributed by atoms with Gasteiger partial charge in [0.2, 0.25) is 0 Å². The molecule has 2 heteroatoms. The molecule has 1 aromatic heterocycles. The maximum Gasteiger partial charge on any atom is 0.143 e. The molecule has 59 heavy (non-hydrogen) atoms. The number of nitrogens with zero attached hydrogens (tertiary/aromatic N) is 1. The molecule has 0 unspecified atom stereocenters. The highest BCUT2D eigenvalue weighted by Gasteiger charge is 2.38. The molecule has 0 saturated heterocycles. The highest BCUT2D eigenvalue weighted by Crippen LogP contribution is 2.57. The molecule has 0 fully saturated rings. The first-order valence-electron chi connectivity index (χ1n) is 20.2. The number of hydrogen-bond donors (Lipinski definition) is 0. The summed E-state index contributed by atoms with van der Waals surface area (Å²) in [6.07, 6.45) is 4.22.